The van der Waals surface area contributed by atoms with Crippen LogP contribution in [0.5, 0.6) is 0 Å². The number of anilines is 1. The zero-order valence-electron chi connectivity index (χ0n) is 13.8. The van der Waals surface area contributed by atoms with E-state index in [9.17, 15) is 14.4 Å². The van der Waals surface area contributed by atoms with Crippen LogP contribution in [0.25, 0.3) is 0 Å². The molecule has 0 atom stereocenters. The van der Waals surface area contributed by atoms with Crippen molar-refractivity contribution in [2.24, 2.45) is 0 Å². The Labute approximate surface area is 141 Å². The summed E-state index contributed by atoms with van der Waals surface area (Å²) >= 11 is 0. The summed E-state index contributed by atoms with van der Waals surface area (Å²) in [7, 11) is 0. The van der Waals surface area contributed by atoms with E-state index in [1.54, 1.807) is 24.3 Å². The molecule has 1 aliphatic heterocycles. The average Bonchev–Trinajstić information content (AvgIpc) is 2.84. The largest absolute Gasteiger partial charge is 0.481 e. The van der Waals surface area contributed by atoms with Crippen molar-refractivity contribution in [2.75, 3.05) is 18.4 Å². The van der Waals surface area contributed by atoms with Gasteiger partial charge in [-0.05, 0) is 43.5 Å². The molecule has 0 bridgehead atoms. The first-order valence-electron chi connectivity index (χ1n) is 8.47. The van der Waals surface area contributed by atoms with E-state index in [1.165, 1.54) is 12.8 Å². The molecule has 1 aliphatic rings. The molecule has 0 spiro atoms. The van der Waals surface area contributed by atoms with Gasteiger partial charge < -0.3 is 15.3 Å². The third-order valence-electron chi connectivity index (χ3n) is 4.10. The highest BCUT2D eigenvalue weighted by Gasteiger charge is 2.17. The van der Waals surface area contributed by atoms with Crippen LogP contribution in [-0.2, 0) is 9.59 Å². The Kier molecular flexibility index (Phi) is 6.78. The average molecular weight is 332 g/mol. The lowest BCUT2D eigenvalue weighted by molar-refractivity contribution is -0.137. The molecule has 1 fully saturated rings. The third kappa shape index (κ3) is 5.68. The summed E-state index contributed by atoms with van der Waals surface area (Å²) in [4.78, 5) is 36.5. The lowest BCUT2D eigenvalue weighted by Gasteiger charge is -2.20. The van der Waals surface area contributed by atoms with Gasteiger partial charge in [0.05, 0.1) is 0 Å². The van der Waals surface area contributed by atoms with Crippen molar-refractivity contribution in [2.45, 2.75) is 44.9 Å². The summed E-state index contributed by atoms with van der Waals surface area (Å²) in [6, 6.07) is 6.86. The number of nitrogens with zero attached hydrogens (tertiary/aromatic N) is 1. The van der Waals surface area contributed by atoms with Crippen molar-refractivity contribution in [3.63, 3.8) is 0 Å². The summed E-state index contributed by atoms with van der Waals surface area (Å²) in [5.41, 5.74) is 1.24. The van der Waals surface area contributed by atoms with Gasteiger partial charge in [0.15, 0.2) is 0 Å². The van der Waals surface area contributed by atoms with Gasteiger partial charge in [0, 0.05) is 37.2 Å². The summed E-state index contributed by atoms with van der Waals surface area (Å²) in [5, 5.41) is 11.3. The number of carboxylic acid groups (broad SMARTS) is 1. The zero-order valence-corrected chi connectivity index (χ0v) is 13.8. The fourth-order valence-corrected chi connectivity index (χ4v) is 2.78. The number of nitrogens with one attached hydrogen (secondary N) is 1. The molecular weight excluding hydrogens is 308 g/mol. The van der Waals surface area contributed by atoms with Gasteiger partial charge in [-0.25, -0.2) is 0 Å². The van der Waals surface area contributed by atoms with Crippen LogP contribution < -0.4 is 5.32 Å². The van der Waals surface area contributed by atoms with E-state index >= 15 is 0 Å². The Hall–Kier alpha value is -2.37. The van der Waals surface area contributed by atoms with Gasteiger partial charge in [-0.1, -0.05) is 12.8 Å². The topological polar surface area (TPSA) is 86.7 Å². The molecule has 1 aromatic rings. The number of rotatable bonds is 6. The summed E-state index contributed by atoms with van der Waals surface area (Å²) in [6.07, 6.45) is 4.92. The summed E-state index contributed by atoms with van der Waals surface area (Å²) in [6.45, 7) is 1.61. The van der Waals surface area contributed by atoms with Gasteiger partial charge in [0.25, 0.3) is 5.91 Å². The number of benzene rings is 1. The minimum atomic E-state index is -0.904. The molecule has 6 nitrogen and oxygen atoms in total. The predicted octanol–water partition coefficient (Wildman–Crippen LogP) is 2.90. The highest BCUT2D eigenvalue weighted by molar-refractivity contribution is 5.95. The molecule has 6 heteroatoms. The van der Waals surface area contributed by atoms with E-state index in [0.717, 1.165) is 25.9 Å². The molecule has 0 aromatic heterocycles. The van der Waals surface area contributed by atoms with Crippen LogP contribution in [0.2, 0.25) is 0 Å². The molecule has 0 radical (unpaired) electrons. The van der Waals surface area contributed by atoms with Crippen molar-refractivity contribution >= 4 is 23.5 Å². The van der Waals surface area contributed by atoms with E-state index in [-0.39, 0.29) is 24.7 Å². The second kappa shape index (κ2) is 9.05. The first-order chi connectivity index (χ1) is 11.6. The molecule has 2 N–H and O–H groups in total. The lowest BCUT2D eigenvalue weighted by atomic mass is 10.1. The van der Waals surface area contributed by atoms with Crippen LogP contribution in [-0.4, -0.2) is 40.9 Å². The fourth-order valence-electron chi connectivity index (χ4n) is 2.78. The van der Waals surface area contributed by atoms with Crippen LogP contribution in [0.1, 0.15) is 55.3 Å². The number of carboxylic acids is 1. The van der Waals surface area contributed by atoms with E-state index < -0.39 is 5.97 Å². The first-order valence-corrected chi connectivity index (χ1v) is 8.47. The minimum absolute atomic E-state index is 0.0172. The Morgan fingerprint density at radius 3 is 2.17 bits per heavy atom. The summed E-state index contributed by atoms with van der Waals surface area (Å²) in [5.74, 6) is -1.08. The molecule has 0 saturated carbocycles. The predicted molar refractivity (Wildman–Crippen MR) is 90.9 cm³/mol. The van der Waals surface area contributed by atoms with E-state index in [2.05, 4.69) is 5.32 Å². The number of aliphatic carboxylic acids is 1. The first kappa shape index (κ1) is 18.0. The van der Waals surface area contributed by atoms with Crippen LogP contribution in [0.15, 0.2) is 24.3 Å². The van der Waals surface area contributed by atoms with Crippen molar-refractivity contribution in [1.82, 2.24) is 4.90 Å². The number of amides is 2. The highest BCUT2D eigenvalue weighted by atomic mass is 16.4. The molecule has 2 rings (SSSR count). The van der Waals surface area contributed by atoms with Crippen molar-refractivity contribution in [3.05, 3.63) is 29.8 Å². The van der Waals surface area contributed by atoms with E-state index in [1.807, 2.05) is 4.90 Å². The molecule has 1 saturated heterocycles. The van der Waals surface area contributed by atoms with Crippen molar-refractivity contribution < 1.29 is 19.5 Å². The van der Waals surface area contributed by atoms with Gasteiger partial charge in [-0.3, -0.25) is 14.4 Å². The monoisotopic (exact) mass is 332 g/mol. The Bertz CT molecular complexity index is 575. The smallest absolute Gasteiger partial charge is 0.303 e. The maximum absolute atomic E-state index is 12.5. The minimum Gasteiger partial charge on any atom is -0.481 e. The van der Waals surface area contributed by atoms with E-state index in [4.69, 9.17) is 5.11 Å². The SMILES string of the molecule is O=C(O)CCCC(=O)Nc1ccc(C(=O)N2CCCCCC2)cc1. The third-order valence-corrected chi connectivity index (χ3v) is 4.10. The fraction of sp³-hybridized carbons (Fsp3) is 0.500. The number of carbonyl (C=O) groups is 3. The lowest BCUT2D eigenvalue weighted by Crippen LogP contribution is -2.31. The summed E-state index contributed by atoms with van der Waals surface area (Å²) < 4.78 is 0. The number of hydrogen-bond acceptors (Lipinski definition) is 3. The molecular formula is C18H24N2O4. The van der Waals surface area contributed by atoms with Crippen LogP contribution in [0.3, 0.4) is 0 Å². The maximum atomic E-state index is 12.5. The molecule has 0 unspecified atom stereocenters. The van der Waals surface area contributed by atoms with Gasteiger partial charge in [0.2, 0.25) is 5.91 Å². The van der Waals surface area contributed by atoms with Crippen LogP contribution in [0, 0.1) is 0 Å². The number of likely N-dealkylation sites (tertiary alicyclic amines) is 1. The second-order valence-corrected chi connectivity index (χ2v) is 6.08. The molecule has 1 aromatic carbocycles. The van der Waals surface area contributed by atoms with Gasteiger partial charge in [-0.15, -0.1) is 0 Å². The highest BCUT2D eigenvalue weighted by Crippen LogP contribution is 2.16. The molecule has 0 aliphatic carbocycles. The maximum Gasteiger partial charge on any atom is 0.303 e. The molecule has 24 heavy (non-hydrogen) atoms. The zero-order chi connectivity index (χ0) is 17.4. The standard InChI is InChI=1S/C18H24N2O4/c21-16(6-5-7-17(22)23)19-15-10-8-14(9-11-15)18(24)20-12-3-1-2-4-13-20/h8-11H,1-7,12-13H2,(H,19,21)(H,22,23). The number of carbonyl (C=O) groups excluding carboxylic acids is 2. The molecule has 130 valence electrons. The molecule has 2 amide bonds. The van der Waals surface area contributed by atoms with Crippen LogP contribution in [0.4, 0.5) is 5.69 Å². The molecule has 1 heterocycles. The Morgan fingerprint density at radius 2 is 1.58 bits per heavy atom. The second-order valence-electron chi connectivity index (χ2n) is 6.08. The van der Waals surface area contributed by atoms with Crippen molar-refractivity contribution in [1.29, 1.82) is 0 Å². The van der Waals surface area contributed by atoms with Crippen LogP contribution >= 0.6 is 0 Å². The quantitative estimate of drug-likeness (QED) is 0.838. The van der Waals surface area contributed by atoms with E-state index in [0.29, 0.717) is 17.7 Å². The normalized spacial score (nSPS) is 14.8. The van der Waals surface area contributed by atoms with Crippen molar-refractivity contribution in [3.8, 4) is 0 Å². The Balaban J connectivity index is 1.86. The Morgan fingerprint density at radius 1 is 0.958 bits per heavy atom. The van der Waals surface area contributed by atoms with Gasteiger partial charge in [-0.2, -0.15) is 0 Å². The van der Waals surface area contributed by atoms with Gasteiger partial charge >= 0.3 is 5.97 Å². The van der Waals surface area contributed by atoms with Gasteiger partial charge in [0.1, 0.15) is 0 Å². The number of hydrogen-bond donors (Lipinski definition) is 2.